The van der Waals surface area contributed by atoms with Gasteiger partial charge in [0.2, 0.25) is 5.91 Å². The molecule has 2 rings (SSSR count). The third-order valence-electron chi connectivity index (χ3n) is 3.65. The van der Waals surface area contributed by atoms with Crippen LogP contribution in [0.5, 0.6) is 0 Å². The molecule has 0 bridgehead atoms. The lowest BCUT2D eigenvalue weighted by molar-refractivity contribution is -0.122. The van der Waals surface area contributed by atoms with E-state index in [1.807, 2.05) is 36.4 Å². The van der Waals surface area contributed by atoms with Gasteiger partial charge in [-0.15, -0.1) is 0 Å². The van der Waals surface area contributed by atoms with Crippen LogP contribution in [-0.4, -0.2) is 16.9 Å². The van der Waals surface area contributed by atoms with Gasteiger partial charge in [0.25, 0.3) is 0 Å². The third-order valence-corrected chi connectivity index (χ3v) is 3.98. The highest BCUT2D eigenvalue weighted by atomic mass is 32.1. The van der Waals surface area contributed by atoms with Crippen LogP contribution in [-0.2, 0) is 4.79 Å². The molecule has 1 aromatic carbocycles. The summed E-state index contributed by atoms with van der Waals surface area (Å²) in [6, 6.07) is 11.5. The second-order valence-electron chi connectivity index (χ2n) is 5.26. The number of carbonyl (C=O) groups is 1. The molecule has 2 N–H and O–H groups in total. The maximum atomic E-state index is 12.2. The average molecular weight is 301 g/mol. The van der Waals surface area contributed by atoms with E-state index in [1.54, 1.807) is 0 Å². The summed E-state index contributed by atoms with van der Waals surface area (Å²) in [6.07, 6.45) is 5.47. The first-order valence-corrected chi connectivity index (χ1v) is 7.67. The van der Waals surface area contributed by atoms with Crippen molar-refractivity contribution in [2.24, 2.45) is 5.92 Å². The fourth-order valence-electron chi connectivity index (χ4n) is 2.50. The number of hydrogen-bond donors (Lipinski definition) is 2. The van der Waals surface area contributed by atoms with Gasteiger partial charge in [-0.2, -0.15) is 5.26 Å². The van der Waals surface area contributed by atoms with Crippen LogP contribution in [0.25, 0.3) is 0 Å². The number of anilines is 1. The summed E-state index contributed by atoms with van der Waals surface area (Å²) >= 11 is 5.21. The van der Waals surface area contributed by atoms with Gasteiger partial charge < -0.3 is 10.6 Å². The zero-order valence-electron chi connectivity index (χ0n) is 11.8. The predicted molar refractivity (Wildman–Crippen MR) is 86.8 cm³/mol. The molecule has 0 saturated heterocycles. The standard InChI is InChI=1S/C16H19N3OS/c17-11-14(15(20)18-12-7-3-1-4-8-12)16(21)19-13-9-5-2-6-10-13/h2,5-6,9-10,12,14H,1,3-4,7-8H2,(H,18,20)(H,19,21)/t14-/m1/s1. The number of nitriles is 1. The zero-order chi connectivity index (χ0) is 15.1. The molecule has 1 aliphatic carbocycles. The number of nitrogens with one attached hydrogen (secondary N) is 2. The number of amides is 1. The molecular weight excluding hydrogens is 282 g/mol. The quantitative estimate of drug-likeness (QED) is 0.839. The van der Waals surface area contributed by atoms with E-state index in [4.69, 9.17) is 12.2 Å². The molecule has 0 heterocycles. The molecule has 5 heteroatoms. The van der Waals surface area contributed by atoms with Crippen LogP contribution in [0.2, 0.25) is 0 Å². The van der Waals surface area contributed by atoms with E-state index in [2.05, 4.69) is 10.6 Å². The van der Waals surface area contributed by atoms with E-state index in [0.717, 1.165) is 31.4 Å². The van der Waals surface area contributed by atoms with Crippen molar-refractivity contribution < 1.29 is 4.79 Å². The minimum absolute atomic E-state index is 0.182. The van der Waals surface area contributed by atoms with E-state index in [1.165, 1.54) is 6.42 Å². The minimum atomic E-state index is -0.942. The Balaban J connectivity index is 1.93. The van der Waals surface area contributed by atoms with Gasteiger partial charge in [-0.3, -0.25) is 4.79 Å². The molecule has 1 aliphatic rings. The van der Waals surface area contributed by atoms with Gasteiger partial charge in [0.15, 0.2) is 5.92 Å². The third kappa shape index (κ3) is 4.54. The van der Waals surface area contributed by atoms with Gasteiger partial charge in [0.1, 0.15) is 4.99 Å². The van der Waals surface area contributed by atoms with Crippen molar-refractivity contribution in [3.63, 3.8) is 0 Å². The molecule has 4 nitrogen and oxygen atoms in total. The lowest BCUT2D eigenvalue weighted by atomic mass is 9.95. The van der Waals surface area contributed by atoms with Gasteiger partial charge in [0, 0.05) is 11.7 Å². The molecule has 1 aromatic rings. The number of carbonyl (C=O) groups excluding carboxylic acids is 1. The van der Waals surface area contributed by atoms with Crippen molar-refractivity contribution in [1.29, 1.82) is 5.26 Å². The Morgan fingerprint density at radius 1 is 1.24 bits per heavy atom. The summed E-state index contributed by atoms with van der Waals surface area (Å²) in [7, 11) is 0. The normalized spacial score (nSPS) is 16.5. The average Bonchev–Trinajstić information content (AvgIpc) is 2.50. The number of para-hydroxylation sites is 1. The Hall–Kier alpha value is -1.93. The van der Waals surface area contributed by atoms with Crippen LogP contribution < -0.4 is 10.6 Å². The van der Waals surface area contributed by atoms with Crippen molar-refractivity contribution in [2.45, 2.75) is 38.1 Å². The second kappa shape index (κ2) is 7.75. The summed E-state index contributed by atoms with van der Waals surface area (Å²) in [5, 5.41) is 15.1. The molecule has 0 radical (unpaired) electrons. The van der Waals surface area contributed by atoms with Crippen molar-refractivity contribution in [2.75, 3.05) is 5.32 Å². The Bertz CT molecular complexity index is 532. The largest absolute Gasteiger partial charge is 0.352 e. The minimum Gasteiger partial charge on any atom is -0.352 e. The lowest BCUT2D eigenvalue weighted by Gasteiger charge is -2.24. The summed E-state index contributed by atoms with van der Waals surface area (Å²) < 4.78 is 0. The van der Waals surface area contributed by atoms with Crippen LogP contribution >= 0.6 is 12.2 Å². The van der Waals surface area contributed by atoms with Crippen LogP contribution in [0.3, 0.4) is 0 Å². The molecule has 0 aliphatic heterocycles. The number of hydrogen-bond acceptors (Lipinski definition) is 3. The Morgan fingerprint density at radius 2 is 1.90 bits per heavy atom. The maximum Gasteiger partial charge on any atom is 0.244 e. The molecule has 21 heavy (non-hydrogen) atoms. The smallest absolute Gasteiger partial charge is 0.244 e. The van der Waals surface area contributed by atoms with Crippen LogP contribution in [0.15, 0.2) is 30.3 Å². The predicted octanol–water partition coefficient (Wildman–Crippen LogP) is 3.01. The highest BCUT2D eigenvalue weighted by Crippen LogP contribution is 2.18. The lowest BCUT2D eigenvalue weighted by Crippen LogP contribution is -2.42. The van der Waals surface area contributed by atoms with Crippen LogP contribution in [0, 0.1) is 17.2 Å². The molecule has 0 unspecified atom stereocenters. The molecule has 1 fully saturated rings. The van der Waals surface area contributed by atoms with Gasteiger partial charge in [0.05, 0.1) is 6.07 Å². The fourth-order valence-corrected chi connectivity index (χ4v) is 2.78. The first kappa shape index (κ1) is 15.5. The van der Waals surface area contributed by atoms with E-state index in [9.17, 15) is 10.1 Å². The molecule has 110 valence electrons. The van der Waals surface area contributed by atoms with Crippen molar-refractivity contribution in [3.8, 4) is 6.07 Å². The van der Waals surface area contributed by atoms with Gasteiger partial charge in [-0.05, 0) is 25.0 Å². The van der Waals surface area contributed by atoms with Crippen LogP contribution in [0.4, 0.5) is 5.69 Å². The Kier molecular flexibility index (Phi) is 5.70. The SMILES string of the molecule is N#C[C@H](C(=O)NC1CCCCC1)C(=S)Nc1ccccc1. The van der Waals surface area contributed by atoms with Gasteiger partial charge in [-0.1, -0.05) is 49.7 Å². The number of thiocarbonyl (C=S) groups is 1. The van der Waals surface area contributed by atoms with Gasteiger partial charge in [-0.25, -0.2) is 0 Å². The number of rotatable bonds is 4. The van der Waals surface area contributed by atoms with E-state index >= 15 is 0 Å². The molecular formula is C16H19N3OS. The molecule has 0 aromatic heterocycles. The molecule has 1 saturated carbocycles. The van der Waals surface area contributed by atoms with Crippen molar-refractivity contribution >= 4 is 28.8 Å². The first-order valence-electron chi connectivity index (χ1n) is 7.26. The van der Waals surface area contributed by atoms with Crippen LogP contribution in [0.1, 0.15) is 32.1 Å². The first-order chi connectivity index (χ1) is 10.2. The topological polar surface area (TPSA) is 64.9 Å². The fraction of sp³-hybridized carbons (Fsp3) is 0.438. The van der Waals surface area contributed by atoms with Crippen molar-refractivity contribution in [3.05, 3.63) is 30.3 Å². The highest BCUT2D eigenvalue weighted by Gasteiger charge is 2.26. The molecule has 1 amide bonds. The molecule has 1 atom stereocenters. The summed E-state index contributed by atoms with van der Waals surface area (Å²) in [4.78, 5) is 12.5. The number of nitrogens with zero attached hydrogens (tertiary/aromatic N) is 1. The summed E-state index contributed by atoms with van der Waals surface area (Å²) in [5.74, 6) is -1.24. The van der Waals surface area contributed by atoms with E-state index in [0.29, 0.717) is 0 Å². The number of benzene rings is 1. The van der Waals surface area contributed by atoms with E-state index < -0.39 is 5.92 Å². The second-order valence-corrected chi connectivity index (χ2v) is 5.70. The van der Waals surface area contributed by atoms with E-state index in [-0.39, 0.29) is 16.9 Å². The Morgan fingerprint density at radius 3 is 2.52 bits per heavy atom. The van der Waals surface area contributed by atoms with Crippen molar-refractivity contribution in [1.82, 2.24) is 5.32 Å². The molecule has 0 spiro atoms. The monoisotopic (exact) mass is 301 g/mol. The zero-order valence-corrected chi connectivity index (χ0v) is 12.7. The summed E-state index contributed by atoms with van der Waals surface area (Å²) in [5.41, 5.74) is 0.785. The maximum absolute atomic E-state index is 12.2. The van der Waals surface area contributed by atoms with Gasteiger partial charge >= 0.3 is 0 Å². The summed E-state index contributed by atoms with van der Waals surface area (Å²) in [6.45, 7) is 0. The highest BCUT2D eigenvalue weighted by molar-refractivity contribution is 7.80. The Labute approximate surface area is 130 Å².